The van der Waals surface area contributed by atoms with Crippen LogP contribution in [0, 0.1) is 19.7 Å². The summed E-state index contributed by atoms with van der Waals surface area (Å²) in [6.07, 6.45) is 1.84. The lowest BCUT2D eigenvalue weighted by molar-refractivity contribution is 0.503. The minimum Gasteiger partial charge on any atom is -0.356 e. The molecule has 2 heterocycles. The largest absolute Gasteiger partial charge is 0.356 e. The van der Waals surface area contributed by atoms with E-state index < -0.39 is 0 Å². The summed E-state index contributed by atoms with van der Waals surface area (Å²) in [4.78, 5) is 8.81. The van der Waals surface area contributed by atoms with Gasteiger partial charge in [0.05, 0.1) is 5.69 Å². The molecule has 0 radical (unpaired) electrons. The van der Waals surface area contributed by atoms with Crippen LogP contribution in [-0.4, -0.2) is 34.3 Å². The Morgan fingerprint density at radius 1 is 1.13 bits per heavy atom. The number of benzene rings is 1. The Hall–Kier alpha value is -2.49. The summed E-state index contributed by atoms with van der Waals surface area (Å²) in [5.41, 5.74) is 3.75. The number of nitrogens with one attached hydrogen (secondary N) is 2. The van der Waals surface area contributed by atoms with Crippen molar-refractivity contribution in [3.05, 3.63) is 77.0 Å². The molecule has 0 saturated heterocycles. The van der Waals surface area contributed by atoms with E-state index in [1.165, 1.54) is 6.07 Å². The van der Waals surface area contributed by atoms with Gasteiger partial charge in [0.1, 0.15) is 5.82 Å². The number of halogens is 2. The first kappa shape index (κ1) is 24.8. The van der Waals surface area contributed by atoms with Crippen molar-refractivity contribution in [3.8, 4) is 5.82 Å². The van der Waals surface area contributed by atoms with Gasteiger partial charge in [-0.3, -0.25) is 4.99 Å². The summed E-state index contributed by atoms with van der Waals surface area (Å²) in [5, 5.41) is 11.1. The lowest BCUT2D eigenvalue weighted by Crippen LogP contribution is -2.43. The lowest BCUT2D eigenvalue weighted by Gasteiger charge is -2.27. The van der Waals surface area contributed by atoms with Crippen LogP contribution in [0.3, 0.4) is 0 Å². The highest BCUT2D eigenvalue weighted by molar-refractivity contribution is 14.0. The van der Waals surface area contributed by atoms with Gasteiger partial charge >= 0.3 is 0 Å². The zero-order valence-electron chi connectivity index (χ0n) is 18.6. The number of guanidine groups is 1. The van der Waals surface area contributed by atoms with Gasteiger partial charge in [0.2, 0.25) is 0 Å². The number of aryl methyl sites for hydroxylation is 2. The minimum atomic E-state index is -0.247. The third kappa shape index (κ3) is 6.49. The van der Waals surface area contributed by atoms with Crippen molar-refractivity contribution in [3.63, 3.8) is 0 Å². The molecule has 0 aliphatic heterocycles. The minimum absolute atomic E-state index is 0. The molecule has 8 heteroatoms. The number of hydrogen-bond donors (Lipinski definition) is 2. The van der Waals surface area contributed by atoms with Crippen LogP contribution in [0.2, 0.25) is 0 Å². The molecule has 0 aliphatic rings. The van der Waals surface area contributed by atoms with E-state index in [1.807, 2.05) is 49.0 Å². The molecular formula is C23H30FIN6. The molecule has 0 amide bonds. The molecule has 3 aromatic rings. The van der Waals surface area contributed by atoms with Gasteiger partial charge in [-0.1, -0.05) is 32.0 Å². The number of pyridine rings is 1. The Morgan fingerprint density at radius 3 is 2.48 bits per heavy atom. The molecule has 0 spiro atoms. The predicted molar refractivity (Wildman–Crippen MR) is 134 cm³/mol. The van der Waals surface area contributed by atoms with Crippen LogP contribution in [-0.2, 0) is 12.0 Å². The first-order valence-electron chi connectivity index (χ1n) is 9.97. The molecule has 6 nitrogen and oxygen atoms in total. The molecule has 1 aromatic carbocycles. The van der Waals surface area contributed by atoms with Gasteiger partial charge in [-0.15, -0.1) is 24.0 Å². The molecule has 166 valence electrons. The number of aliphatic imine (C=N–C) groups is 1. The highest BCUT2D eigenvalue weighted by Gasteiger charge is 2.21. The number of hydrogen-bond acceptors (Lipinski definition) is 3. The Morgan fingerprint density at radius 2 is 1.90 bits per heavy atom. The second-order valence-corrected chi connectivity index (χ2v) is 8.04. The smallest absolute Gasteiger partial charge is 0.191 e. The van der Waals surface area contributed by atoms with Gasteiger partial charge in [0.15, 0.2) is 11.8 Å². The summed E-state index contributed by atoms with van der Waals surface area (Å²) < 4.78 is 15.4. The maximum Gasteiger partial charge on any atom is 0.191 e. The maximum absolute atomic E-state index is 13.6. The van der Waals surface area contributed by atoms with Crippen LogP contribution in [0.5, 0.6) is 0 Å². The van der Waals surface area contributed by atoms with Gasteiger partial charge in [-0.2, -0.15) is 5.10 Å². The molecule has 0 saturated carbocycles. The van der Waals surface area contributed by atoms with Crippen LogP contribution in [0.4, 0.5) is 4.39 Å². The van der Waals surface area contributed by atoms with E-state index >= 15 is 0 Å². The fourth-order valence-corrected chi connectivity index (χ4v) is 3.23. The summed E-state index contributed by atoms with van der Waals surface area (Å²) >= 11 is 0. The number of aromatic nitrogens is 3. The van der Waals surface area contributed by atoms with Crippen molar-refractivity contribution in [1.29, 1.82) is 0 Å². The van der Waals surface area contributed by atoms with E-state index in [0.717, 1.165) is 28.3 Å². The number of rotatable bonds is 6. The summed E-state index contributed by atoms with van der Waals surface area (Å²) in [5.74, 6) is 1.25. The van der Waals surface area contributed by atoms with E-state index in [4.69, 9.17) is 0 Å². The topological polar surface area (TPSA) is 67.1 Å². The maximum atomic E-state index is 13.6. The molecule has 0 fully saturated rings. The molecule has 3 rings (SSSR count). The predicted octanol–water partition coefficient (Wildman–Crippen LogP) is 4.28. The van der Waals surface area contributed by atoms with E-state index in [0.29, 0.717) is 19.0 Å². The third-order valence-corrected chi connectivity index (χ3v) is 5.02. The Kier molecular flexibility index (Phi) is 8.55. The molecule has 0 aliphatic carbocycles. The van der Waals surface area contributed by atoms with E-state index in [2.05, 4.69) is 39.6 Å². The summed E-state index contributed by atoms with van der Waals surface area (Å²) in [6.45, 7) is 9.33. The van der Waals surface area contributed by atoms with Crippen LogP contribution in [0.25, 0.3) is 5.82 Å². The first-order valence-corrected chi connectivity index (χ1v) is 9.97. The second-order valence-electron chi connectivity index (χ2n) is 8.04. The first-order chi connectivity index (χ1) is 14.3. The summed E-state index contributed by atoms with van der Waals surface area (Å²) in [6, 6.07) is 12.7. The van der Waals surface area contributed by atoms with Crippen molar-refractivity contribution < 1.29 is 4.39 Å². The molecule has 0 atom stereocenters. The Labute approximate surface area is 200 Å². The second kappa shape index (κ2) is 10.7. The van der Waals surface area contributed by atoms with E-state index in [-0.39, 0.29) is 35.2 Å². The van der Waals surface area contributed by atoms with E-state index in [9.17, 15) is 4.39 Å². The van der Waals surface area contributed by atoms with Crippen molar-refractivity contribution in [2.75, 3.05) is 13.6 Å². The van der Waals surface area contributed by atoms with Crippen LogP contribution < -0.4 is 10.6 Å². The summed E-state index contributed by atoms with van der Waals surface area (Å²) in [7, 11) is 1.73. The molecule has 0 unspecified atom stereocenters. The molecule has 0 bridgehead atoms. The number of nitrogens with zero attached hydrogens (tertiary/aromatic N) is 4. The van der Waals surface area contributed by atoms with Crippen molar-refractivity contribution in [2.24, 2.45) is 4.99 Å². The Bertz CT molecular complexity index is 1030. The van der Waals surface area contributed by atoms with Gasteiger partial charge < -0.3 is 10.6 Å². The van der Waals surface area contributed by atoms with Gasteiger partial charge in [0.25, 0.3) is 0 Å². The SMILES string of the molecule is CN=C(NCc1ccc(-n2nc(C)cc2C)nc1)NCC(C)(C)c1cccc(F)c1.I. The molecular weight excluding hydrogens is 506 g/mol. The molecule has 2 N–H and O–H groups in total. The average Bonchev–Trinajstić information content (AvgIpc) is 3.06. The van der Waals surface area contributed by atoms with Crippen molar-refractivity contribution in [2.45, 2.75) is 39.7 Å². The zero-order chi connectivity index (χ0) is 21.7. The highest BCUT2D eigenvalue weighted by atomic mass is 127. The van der Waals surface area contributed by atoms with Gasteiger partial charge in [-0.05, 0) is 49.2 Å². The van der Waals surface area contributed by atoms with Crippen LogP contribution in [0.15, 0.2) is 53.7 Å². The molecule has 31 heavy (non-hydrogen) atoms. The third-order valence-electron chi connectivity index (χ3n) is 5.02. The fourth-order valence-electron chi connectivity index (χ4n) is 3.23. The Balaban J connectivity index is 0.00000341. The normalized spacial score (nSPS) is 11.7. The van der Waals surface area contributed by atoms with E-state index in [1.54, 1.807) is 19.2 Å². The lowest BCUT2D eigenvalue weighted by atomic mass is 9.84. The average molecular weight is 536 g/mol. The standard InChI is InChI=1S/C23H29FN6.HI/c1-16-11-17(2)30(29-16)21-10-9-18(13-26-21)14-27-22(25-5)28-15-23(3,4)19-7-6-8-20(24)12-19;/h6-13H,14-15H2,1-5H3,(H2,25,27,28);1H. The van der Waals surface area contributed by atoms with Gasteiger partial charge in [0, 0.05) is 37.4 Å². The quantitative estimate of drug-likeness (QED) is 0.281. The van der Waals surface area contributed by atoms with Crippen LogP contribution >= 0.6 is 24.0 Å². The monoisotopic (exact) mass is 536 g/mol. The van der Waals surface area contributed by atoms with Crippen molar-refractivity contribution in [1.82, 2.24) is 25.4 Å². The van der Waals surface area contributed by atoms with Gasteiger partial charge in [-0.25, -0.2) is 14.1 Å². The highest BCUT2D eigenvalue weighted by Crippen LogP contribution is 2.22. The fraction of sp³-hybridized carbons (Fsp3) is 0.348. The molecule has 2 aromatic heterocycles. The zero-order valence-corrected chi connectivity index (χ0v) is 20.9. The van der Waals surface area contributed by atoms with Crippen molar-refractivity contribution >= 4 is 29.9 Å². The van der Waals surface area contributed by atoms with Crippen LogP contribution in [0.1, 0.15) is 36.4 Å².